The van der Waals surface area contributed by atoms with E-state index in [1.54, 1.807) is 0 Å². The predicted octanol–water partition coefficient (Wildman–Crippen LogP) is 16.1. The standard InChI is InChI=1S/C51H98O6/c1-6-8-9-10-11-12-13-14-15-16-21-28-33-38-43-51(54)57-48(45-56-50(53)42-37-32-27-23-22-24-29-34-39-46(3)4)44-55-49(52)41-36-31-26-20-18-17-19-25-30-35-40-47(5)7-2/h46-48H,6-45H2,1-5H3/t47?,48-/m0/s1. The highest BCUT2D eigenvalue weighted by Gasteiger charge is 2.19. The van der Waals surface area contributed by atoms with Gasteiger partial charge in [-0.25, -0.2) is 0 Å². The Bertz CT molecular complexity index is 872. The summed E-state index contributed by atoms with van der Waals surface area (Å²) in [6.07, 6.45) is 43.7. The first-order valence-electron chi connectivity index (χ1n) is 25.3. The third kappa shape index (κ3) is 43.8. The molecule has 6 heteroatoms. The molecule has 0 fully saturated rings. The van der Waals surface area contributed by atoms with E-state index in [2.05, 4.69) is 34.6 Å². The van der Waals surface area contributed by atoms with Crippen LogP contribution in [0.15, 0.2) is 0 Å². The van der Waals surface area contributed by atoms with Crippen molar-refractivity contribution in [1.29, 1.82) is 0 Å². The molecule has 0 aliphatic rings. The van der Waals surface area contributed by atoms with E-state index in [1.807, 2.05) is 0 Å². The average Bonchev–Trinajstić information content (AvgIpc) is 3.19. The fraction of sp³-hybridized carbons (Fsp3) is 0.941. The molecule has 57 heavy (non-hydrogen) atoms. The number of esters is 3. The number of unbranched alkanes of at least 4 members (excludes halogenated alkanes) is 29. The molecule has 0 aliphatic heterocycles. The zero-order valence-corrected chi connectivity index (χ0v) is 39.0. The molecular weight excluding hydrogens is 709 g/mol. The first kappa shape index (κ1) is 55.4. The minimum absolute atomic E-state index is 0.0644. The van der Waals surface area contributed by atoms with Crippen molar-refractivity contribution >= 4 is 17.9 Å². The summed E-state index contributed by atoms with van der Waals surface area (Å²) in [5, 5.41) is 0. The van der Waals surface area contributed by atoms with Crippen molar-refractivity contribution in [3.63, 3.8) is 0 Å². The molecule has 0 amide bonds. The van der Waals surface area contributed by atoms with E-state index < -0.39 is 6.10 Å². The van der Waals surface area contributed by atoms with Crippen LogP contribution in [0.4, 0.5) is 0 Å². The molecule has 338 valence electrons. The second-order valence-corrected chi connectivity index (χ2v) is 18.2. The molecule has 0 saturated heterocycles. The van der Waals surface area contributed by atoms with Crippen molar-refractivity contribution in [2.75, 3.05) is 13.2 Å². The number of carbonyl (C=O) groups is 3. The summed E-state index contributed by atoms with van der Waals surface area (Å²) in [5.74, 6) is 0.815. The van der Waals surface area contributed by atoms with E-state index in [1.165, 1.54) is 167 Å². The average molecular weight is 807 g/mol. The van der Waals surface area contributed by atoms with E-state index >= 15 is 0 Å². The van der Waals surface area contributed by atoms with E-state index in [0.29, 0.717) is 19.3 Å². The van der Waals surface area contributed by atoms with Crippen molar-refractivity contribution < 1.29 is 28.6 Å². The molecule has 0 spiro atoms. The van der Waals surface area contributed by atoms with Gasteiger partial charge in [-0.05, 0) is 31.1 Å². The summed E-state index contributed by atoms with van der Waals surface area (Å²) in [6, 6.07) is 0. The summed E-state index contributed by atoms with van der Waals surface area (Å²) in [4.78, 5) is 37.9. The quantitative estimate of drug-likeness (QED) is 0.0346. The van der Waals surface area contributed by atoms with Crippen molar-refractivity contribution in [2.45, 2.75) is 285 Å². The lowest BCUT2D eigenvalue weighted by Gasteiger charge is -2.18. The highest BCUT2D eigenvalue weighted by Crippen LogP contribution is 2.18. The Hall–Kier alpha value is -1.59. The lowest BCUT2D eigenvalue weighted by molar-refractivity contribution is -0.167. The number of hydrogen-bond donors (Lipinski definition) is 0. The van der Waals surface area contributed by atoms with Gasteiger partial charge in [-0.1, -0.05) is 240 Å². The number of ether oxygens (including phenoxy) is 3. The normalized spacial score (nSPS) is 12.5. The number of hydrogen-bond acceptors (Lipinski definition) is 6. The molecule has 0 bridgehead atoms. The zero-order chi connectivity index (χ0) is 41.9. The molecule has 0 heterocycles. The topological polar surface area (TPSA) is 78.9 Å². The van der Waals surface area contributed by atoms with Gasteiger partial charge in [-0.2, -0.15) is 0 Å². The molecule has 2 atom stereocenters. The second kappa shape index (κ2) is 44.0. The maximum Gasteiger partial charge on any atom is 0.306 e. The largest absolute Gasteiger partial charge is 0.462 e. The van der Waals surface area contributed by atoms with Crippen LogP contribution in [0, 0.1) is 11.8 Å². The Kier molecular flexibility index (Phi) is 42.7. The highest BCUT2D eigenvalue weighted by atomic mass is 16.6. The van der Waals surface area contributed by atoms with Gasteiger partial charge in [-0.15, -0.1) is 0 Å². The Labute approximate surface area is 355 Å². The van der Waals surface area contributed by atoms with Crippen LogP contribution in [0.3, 0.4) is 0 Å². The summed E-state index contributed by atoms with van der Waals surface area (Å²) < 4.78 is 16.8. The van der Waals surface area contributed by atoms with Crippen molar-refractivity contribution in [2.24, 2.45) is 11.8 Å². The van der Waals surface area contributed by atoms with Gasteiger partial charge in [0.25, 0.3) is 0 Å². The van der Waals surface area contributed by atoms with Crippen LogP contribution < -0.4 is 0 Å². The molecule has 0 aromatic rings. The lowest BCUT2D eigenvalue weighted by Crippen LogP contribution is -2.30. The van der Waals surface area contributed by atoms with E-state index in [-0.39, 0.29) is 31.1 Å². The summed E-state index contributed by atoms with van der Waals surface area (Å²) in [7, 11) is 0. The van der Waals surface area contributed by atoms with Gasteiger partial charge in [0.2, 0.25) is 0 Å². The zero-order valence-electron chi connectivity index (χ0n) is 39.0. The van der Waals surface area contributed by atoms with Gasteiger partial charge in [0.15, 0.2) is 6.10 Å². The van der Waals surface area contributed by atoms with Gasteiger partial charge in [-0.3, -0.25) is 14.4 Å². The lowest BCUT2D eigenvalue weighted by atomic mass is 9.99. The minimum atomic E-state index is -0.761. The Morgan fingerprint density at radius 3 is 1.00 bits per heavy atom. The maximum atomic E-state index is 12.8. The van der Waals surface area contributed by atoms with Gasteiger partial charge in [0.1, 0.15) is 13.2 Å². The van der Waals surface area contributed by atoms with Crippen molar-refractivity contribution in [1.82, 2.24) is 0 Å². The SMILES string of the molecule is CCCCCCCCCCCCCCCCC(=O)O[C@@H](COC(=O)CCCCCCCCCCCCC(C)CC)COC(=O)CCCCCCCCCCC(C)C. The summed E-state index contributed by atoms with van der Waals surface area (Å²) in [5.41, 5.74) is 0. The fourth-order valence-electron chi connectivity index (χ4n) is 7.60. The Balaban J connectivity index is 4.33. The first-order valence-corrected chi connectivity index (χ1v) is 25.3. The van der Waals surface area contributed by atoms with Crippen LogP contribution in [0.5, 0.6) is 0 Å². The second-order valence-electron chi connectivity index (χ2n) is 18.2. The predicted molar refractivity (Wildman–Crippen MR) is 243 cm³/mol. The van der Waals surface area contributed by atoms with Crippen molar-refractivity contribution in [3.8, 4) is 0 Å². The van der Waals surface area contributed by atoms with Crippen LogP contribution in [0.1, 0.15) is 279 Å². The Morgan fingerprint density at radius 2 is 0.667 bits per heavy atom. The first-order chi connectivity index (χ1) is 27.8. The smallest absolute Gasteiger partial charge is 0.306 e. The van der Waals surface area contributed by atoms with Crippen molar-refractivity contribution in [3.05, 3.63) is 0 Å². The third-order valence-corrected chi connectivity index (χ3v) is 11.8. The molecule has 0 N–H and O–H groups in total. The van der Waals surface area contributed by atoms with Crippen LogP contribution in [-0.2, 0) is 28.6 Å². The van der Waals surface area contributed by atoms with E-state index in [9.17, 15) is 14.4 Å². The molecule has 0 rings (SSSR count). The molecule has 6 nitrogen and oxygen atoms in total. The third-order valence-electron chi connectivity index (χ3n) is 11.8. The molecule has 0 aromatic heterocycles. The van der Waals surface area contributed by atoms with Gasteiger partial charge in [0.05, 0.1) is 0 Å². The van der Waals surface area contributed by atoms with Gasteiger partial charge >= 0.3 is 17.9 Å². The summed E-state index contributed by atoms with van der Waals surface area (Å²) >= 11 is 0. The van der Waals surface area contributed by atoms with Crippen LogP contribution >= 0.6 is 0 Å². The Morgan fingerprint density at radius 1 is 0.368 bits per heavy atom. The van der Waals surface area contributed by atoms with Gasteiger partial charge in [0, 0.05) is 19.3 Å². The monoisotopic (exact) mass is 807 g/mol. The fourth-order valence-corrected chi connectivity index (χ4v) is 7.60. The van der Waals surface area contributed by atoms with Gasteiger partial charge < -0.3 is 14.2 Å². The molecule has 0 aromatic carbocycles. The number of carbonyl (C=O) groups excluding carboxylic acids is 3. The molecule has 0 aliphatic carbocycles. The van der Waals surface area contributed by atoms with Crippen LogP contribution in [-0.4, -0.2) is 37.2 Å². The summed E-state index contributed by atoms with van der Waals surface area (Å²) in [6.45, 7) is 11.4. The minimum Gasteiger partial charge on any atom is -0.462 e. The molecule has 0 radical (unpaired) electrons. The molecule has 0 saturated carbocycles. The van der Waals surface area contributed by atoms with E-state index in [0.717, 1.165) is 69.6 Å². The highest BCUT2D eigenvalue weighted by molar-refractivity contribution is 5.71. The van der Waals surface area contributed by atoms with Crippen LogP contribution in [0.2, 0.25) is 0 Å². The maximum absolute atomic E-state index is 12.8. The molecule has 1 unspecified atom stereocenters. The molecular formula is C51H98O6. The number of rotatable bonds is 45. The van der Waals surface area contributed by atoms with Crippen LogP contribution in [0.25, 0.3) is 0 Å². The van der Waals surface area contributed by atoms with E-state index in [4.69, 9.17) is 14.2 Å².